The molecule has 0 unspecified atom stereocenters. The van der Waals surface area contributed by atoms with E-state index in [1.54, 1.807) is 17.3 Å². The quantitative estimate of drug-likeness (QED) is 0.226. The van der Waals surface area contributed by atoms with Gasteiger partial charge in [-0.15, -0.1) is 0 Å². The SMILES string of the molecule is CN(C)c1ccc2c(-c3ccccc3C(=O)[O-])c3ccc(=[N+](C)C)cc-3oc2c1.N=C=S. The molecule has 0 fully saturated rings. The molecule has 1 heterocycles. The molecule has 7 heteroatoms. The van der Waals surface area contributed by atoms with Gasteiger partial charge >= 0.3 is 0 Å². The third-order valence-electron chi connectivity index (χ3n) is 5.14. The highest BCUT2D eigenvalue weighted by atomic mass is 32.1. The van der Waals surface area contributed by atoms with Crippen molar-refractivity contribution in [1.29, 1.82) is 5.41 Å². The van der Waals surface area contributed by atoms with Crippen molar-refractivity contribution in [3.8, 4) is 22.5 Å². The lowest BCUT2D eigenvalue weighted by molar-refractivity contribution is -0.254. The number of thiocarbonyl (C=S) groups is 1. The second-order valence-electron chi connectivity index (χ2n) is 7.56. The fraction of sp³-hybridized carbons (Fsp3) is 0.160. The van der Waals surface area contributed by atoms with Crippen LogP contribution in [-0.4, -0.2) is 39.3 Å². The zero-order valence-electron chi connectivity index (χ0n) is 18.3. The van der Waals surface area contributed by atoms with Gasteiger partial charge in [0, 0.05) is 54.0 Å². The summed E-state index contributed by atoms with van der Waals surface area (Å²) in [7, 11) is 7.88. The number of carbonyl (C=O) groups is 1. The number of carboxylic acids is 1. The number of hydrogen-bond donors (Lipinski definition) is 1. The van der Waals surface area contributed by atoms with Crippen molar-refractivity contribution >= 4 is 40.0 Å². The van der Waals surface area contributed by atoms with Crippen molar-refractivity contribution in [2.75, 3.05) is 33.1 Å². The Morgan fingerprint density at radius 1 is 1.06 bits per heavy atom. The van der Waals surface area contributed by atoms with Crippen LogP contribution in [0.25, 0.3) is 33.4 Å². The highest BCUT2D eigenvalue weighted by Crippen LogP contribution is 2.41. The summed E-state index contributed by atoms with van der Waals surface area (Å²) in [5, 5.41) is 21.0. The molecule has 1 N–H and O–H groups in total. The van der Waals surface area contributed by atoms with Gasteiger partial charge in [0.2, 0.25) is 5.36 Å². The molecule has 162 valence electrons. The second kappa shape index (κ2) is 9.56. The molecule has 6 nitrogen and oxygen atoms in total. The summed E-state index contributed by atoms with van der Waals surface area (Å²) in [5.41, 5.74) is 4.17. The van der Waals surface area contributed by atoms with Crippen molar-refractivity contribution in [2.24, 2.45) is 0 Å². The smallest absolute Gasteiger partial charge is 0.203 e. The predicted octanol–water partition coefficient (Wildman–Crippen LogP) is 3.33. The van der Waals surface area contributed by atoms with E-state index in [-0.39, 0.29) is 5.56 Å². The zero-order valence-corrected chi connectivity index (χ0v) is 19.1. The summed E-state index contributed by atoms with van der Waals surface area (Å²) in [4.78, 5) is 13.8. The third kappa shape index (κ3) is 4.44. The number of anilines is 1. The molecule has 1 aliphatic heterocycles. The van der Waals surface area contributed by atoms with Crippen LogP contribution in [0.3, 0.4) is 0 Å². The van der Waals surface area contributed by atoms with Gasteiger partial charge in [0.25, 0.3) is 0 Å². The number of carboxylic acid groups (broad SMARTS) is 1. The molecule has 2 aliphatic rings. The Bertz CT molecular complexity index is 1380. The number of carbonyl (C=O) groups excluding carboxylic acids is 1. The van der Waals surface area contributed by atoms with Crippen LogP contribution >= 0.6 is 12.2 Å². The first-order chi connectivity index (χ1) is 15.3. The Balaban J connectivity index is 0.000000913. The minimum Gasteiger partial charge on any atom is -0.545 e. The normalized spacial score (nSPS) is 10.2. The largest absolute Gasteiger partial charge is 0.545 e. The van der Waals surface area contributed by atoms with Crippen LogP contribution in [0, 0.1) is 5.41 Å². The maximum atomic E-state index is 11.8. The van der Waals surface area contributed by atoms with Gasteiger partial charge in [0.05, 0.1) is 17.2 Å². The number of fused-ring (bicyclic) bond motifs is 2. The van der Waals surface area contributed by atoms with Gasteiger partial charge < -0.3 is 19.2 Å². The highest BCUT2D eigenvalue weighted by molar-refractivity contribution is 7.78. The van der Waals surface area contributed by atoms with Crippen LogP contribution in [0.5, 0.6) is 0 Å². The van der Waals surface area contributed by atoms with Crippen molar-refractivity contribution in [2.45, 2.75) is 0 Å². The molecule has 1 aliphatic carbocycles. The van der Waals surface area contributed by atoms with E-state index in [2.05, 4.69) is 12.2 Å². The van der Waals surface area contributed by atoms with E-state index >= 15 is 0 Å². The molecule has 2 aromatic rings. The van der Waals surface area contributed by atoms with Crippen LogP contribution in [0.1, 0.15) is 10.4 Å². The van der Waals surface area contributed by atoms with Crippen molar-refractivity contribution in [3.05, 3.63) is 71.6 Å². The molecule has 0 bridgehead atoms. The summed E-state index contributed by atoms with van der Waals surface area (Å²) < 4.78 is 8.28. The Hall–Kier alpha value is -3.80. The van der Waals surface area contributed by atoms with Crippen LogP contribution in [-0.2, 0) is 0 Å². The Morgan fingerprint density at radius 3 is 2.38 bits per heavy atom. The lowest BCUT2D eigenvalue weighted by Gasteiger charge is -2.19. The standard InChI is InChI=1S/C24H22N2O3.CHNS/c1-25(2)15-9-11-19-21(13-15)29-22-14-16(26(3)4)10-12-20(22)23(19)17-7-5-6-8-18(17)24(27)28;2-1-3/h5-14H,1-4H3;2H. The van der Waals surface area contributed by atoms with Gasteiger partial charge in [-0.1, -0.05) is 24.3 Å². The number of isothiocyanates is 1. The summed E-state index contributed by atoms with van der Waals surface area (Å²) >= 11 is 3.81. The molecule has 4 rings (SSSR count). The van der Waals surface area contributed by atoms with E-state index in [0.29, 0.717) is 16.9 Å². The van der Waals surface area contributed by atoms with E-state index in [0.717, 1.165) is 27.6 Å². The van der Waals surface area contributed by atoms with E-state index in [4.69, 9.17) is 9.83 Å². The van der Waals surface area contributed by atoms with Gasteiger partial charge in [-0.3, -0.25) is 0 Å². The van der Waals surface area contributed by atoms with Crippen LogP contribution in [0.2, 0.25) is 0 Å². The summed E-state index contributed by atoms with van der Waals surface area (Å²) in [6.45, 7) is 0. The molecule has 0 saturated heterocycles. The highest BCUT2D eigenvalue weighted by Gasteiger charge is 2.20. The topological polar surface area (TPSA) is 83.4 Å². The molecule has 0 spiro atoms. The number of nitrogens with one attached hydrogen (secondary N) is 1. The van der Waals surface area contributed by atoms with E-state index in [9.17, 15) is 9.90 Å². The monoisotopic (exact) mass is 445 g/mol. The molecular formula is C25H23N3O3S. The fourth-order valence-electron chi connectivity index (χ4n) is 3.59. The lowest BCUT2D eigenvalue weighted by atomic mass is 9.90. The maximum Gasteiger partial charge on any atom is 0.203 e. The number of benzene rings is 3. The summed E-state index contributed by atoms with van der Waals surface area (Å²) in [5.74, 6) is -0.500. The molecule has 32 heavy (non-hydrogen) atoms. The van der Waals surface area contributed by atoms with Gasteiger partial charge in [-0.25, -0.2) is 9.98 Å². The molecule has 2 aromatic carbocycles. The molecule has 0 amide bonds. The van der Waals surface area contributed by atoms with Crippen molar-refractivity contribution in [3.63, 3.8) is 0 Å². The van der Waals surface area contributed by atoms with Crippen molar-refractivity contribution in [1.82, 2.24) is 4.58 Å². The second-order valence-corrected chi connectivity index (χ2v) is 7.77. The molecule has 0 atom stereocenters. The molecule has 0 saturated carbocycles. The first kappa shape index (κ1) is 22.9. The average molecular weight is 446 g/mol. The summed E-state index contributed by atoms with van der Waals surface area (Å²) in [6.07, 6.45) is 0. The number of nitrogens with zero attached hydrogens (tertiary/aromatic N) is 2. The minimum atomic E-state index is -1.20. The minimum absolute atomic E-state index is 0.162. The van der Waals surface area contributed by atoms with Crippen LogP contribution in [0.15, 0.2) is 65.1 Å². The average Bonchev–Trinajstić information content (AvgIpc) is 2.77. The van der Waals surface area contributed by atoms with E-state index < -0.39 is 5.97 Å². The lowest BCUT2D eigenvalue weighted by Crippen LogP contribution is -2.23. The first-order valence-corrected chi connectivity index (χ1v) is 10.2. The van der Waals surface area contributed by atoms with Crippen molar-refractivity contribution < 1.29 is 14.3 Å². The Morgan fingerprint density at radius 2 is 1.75 bits per heavy atom. The summed E-state index contributed by atoms with van der Waals surface area (Å²) in [6, 6.07) is 18.9. The number of rotatable bonds is 3. The number of aromatic carboxylic acids is 1. The van der Waals surface area contributed by atoms with Gasteiger partial charge in [-0.05, 0) is 36.0 Å². The fourth-order valence-corrected chi connectivity index (χ4v) is 3.59. The van der Waals surface area contributed by atoms with Crippen LogP contribution in [0.4, 0.5) is 5.69 Å². The van der Waals surface area contributed by atoms with E-state index in [1.165, 1.54) is 0 Å². The molecular weight excluding hydrogens is 422 g/mol. The van der Waals surface area contributed by atoms with Gasteiger partial charge in [0.15, 0.2) is 0 Å². The number of hydrogen-bond acceptors (Lipinski definition) is 6. The zero-order chi connectivity index (χ0) is 23.4. The predicted molar refractivity (Wildman–Crippen MR) is 129 cm³/mol. The van der Waals surface area contributed by atoms with Gasteiger partial charge in [-0.2, -0.15) is 0 Å². The third-order valence-corrected chi connectivity index (χ3v) is 5.14. The van der Waals surface area contributed by atoms with Gasteiger partial charge in [0.1, 0.15) is 25.4 Å². The molecule has 0 aromatic heterocycles. The Labute approximate surface area is 191 Å². The maximum absolute atomic E-state index is 11.8. The van der Waals surface area contributed by atoms with Crippen LogP contribution < -0.4 is 19.9 Å². The Kier molecular flexibility index (Phi) is 6.83. The molecule has 0 radical (unpaired) electrons. The first-order valence-electron chi connectivity index (χ1n) is 9.81. The van der Waals surface area contributed by atoms with E-state index in [1.807, 2.05) is 86.2 Å².